The van der Waals surface area contributed by atoms with E-state index in [1.807, 2.05) is 13.1 Å². The highest BCUT2D eigenvalue weighted by Crippen LogP contribution is 2.15. The second-order valence-electron chi connectivity index (χ2n) is 5.72. The second kappa shape index (κ2) is 8.67. The number of nitrogens with one attached hydrogen (secondary N) is 2. The van der Waals surface area contributed by atoms with Crippen molar-refractivity contribution < 1.29 is 0 Å². The van der Waals surface area contributed by atoms with Crippen LogP contribution < -0.4 is 10.6 Å². The molecule has 0 aliphatic carbocycles. The van der Waals surface area contributed by atoms with Crippen molar-refractivity contribution in [2.75, 3.05) is 26.7 Å². The van der Waals surface area contributed by atoms with Crippen LogP contribution >= 0.6 is 0 Å². The monoisotopic (exact) mass is 288 g/mol. The molecule has 0 saturated carbocycles. The Morgan fingerprint density at radius 1 is 1.24 bits per heavy atom. The van der Waals surface area contributed by atoms with Crippen LogP contribution in [0.4, 0.5) is 0 Å². The lowest BCUT2D eigenvalue weighted by atomic mass is 10.0. The van der Waals surface area contributed by atoms with E-state index in [0.717, 1.165) is 31.6 Å². The summed E-state index contributed by atoms with van der Waals surface area (Å²) in [6, 6.07) is 11.1. The Labute approximate surface area is 128 Å². The standard InChI is InChI=1S/C17H28N4/c1-15-8-6-7-12-21(15)13-11-19-17(18-2)20-14-16-9-4-3-5-10-16/h3-5,9-10,15H,6-8,11-14H2,1-2H3,(H2,18,19,20). The molecule has 1 fully saturated rings. The zero-order valence-electron chi connectivity index (χ0n) is 13.3. The Bertz CT molecular complexity index is 430. The van der Waals surface area contributed by atoms with Gasteiger partial charge in [-0.15, -0.1) is 0 Å². The molecule has 1 heterocycles. The Morgan fingerprint density at radius 3 is 2.76 bits per heavy atom. The molecule has 1 aliphatic rings. The highest BCUT2D eigenvalue weighted by atomic mass is 15.2. The number of likely N-dealkylation sites (tertiary alicyclic amines) is 1. The third-order valence-corrected chi connectivity index (χ3v) is 4.16. The van der Waals surface area contributed by atoms with Gasteiger partial charge in [0.15, 0.2) is 5.96 Å². The maximum absolute atomic E-state index is 4.28. The number of piperidine rings is 1. The molecule has 1 aliphatic heterocycles. The number of rotatable bonds is 5. The summed E-state index contributed by atoms with van der Waals surface area (Å²) in [4.78, 5) is 6.85. The van der Waals surface area contributed by atoms with Crippen molar-refractivity contribution in [3.05, 3.63) is 35.9 Å². The number of benzene rings is 1. The fraction of sp³-hybridized carbons (Fsp3) is 0.588. The maximum Gasteiger partial charge on any atom is 0.191 e. The first-order valence-corrected chi connectivity index (χ1v) is 8.02. The lowest BCUT2D eigenvalue weighted by Gasteiger charge is -2.33. The highest BCUT2D eigenvalue weighted by molar-refractivity contribution is 5.79. The van der Waals surface area contributed by atoms with E-state index in [1.54, 1.807) is 0 Å². The summed E-state index contributed by atoms with van der Waals surface area (Å²) in [5.74, 6) is 0.878. The summed E-state index contributed by atoms with van der Waals surface area (Å²) in [7, 11) is 1.82. The largest absolute Gasteiger partial charge is 0.355 e. The SMILES string of the molecule is CN=C(NCCN1CCCCC1C)NCc1ccccc1. The van der Waals surface area contributed by atoms with Crippen molar-refractivity contribution in [3.63, 3.8) is 0 Å². The summed E-state index contributed by atoms with van der Waals surface area (Å²) < 4.78 is 0. The minimum absolute atomic E-state index is 0.722. The van der Waals surface area contributed by atoms with Gasteiger partial charge in [-0.3, -0.25) is 9.89 Å². The van der Waals surface area contributed by atoms with E-state index in [1.165, 1.54) is 31.4 Å². The minimum Gasteiger partial charge on any atom is -0.355 e. The fourth-order valence-electron chi connectivity index (χ4n) is 2.81. The molecule has 0 radical (unpaired) electrons. The Hall–Kier alpha value is -1.55. The quantitative estimate of drug-likeness (QED) is 0.645. The van der Waals surface area contributed by atoms with Gasteiger partial charge >= 0.3 is 0 Å². The lowest BCUT2D eigenvalue weighted by molar-refractivity contribution is 0.163. The molecule has 21 heavy (non-hydrogen) atoms. The zero-order chi connectivity index (χ0) is 14.9. The van der Waals surface area contributed by atoms with Crippen molar-refractivity contribution in [3.8, 4) is 0 Å². The van der Waals surface area contributed by atoms with E-state index in [-0.39, 0.29) is 0 Å². The van der Waals surface area contributed by atoms with Gasteiger partial charge in [0.05, 0.1) is 0 Å². The molecule has 2 N–H and O–H groups in total. The summed E-state index contributed by atoms with van der Waals surface area (Å²) in [5, 5.41) is 6.76. The van der Waals surface area contributed by atoms with Crippen LogP contribution in [0.2, 0.25) is 0 Å². The molecule has 1 unspecified atom stereocenters. The van der Waals surface area contributed by atoms with E-state index in [9.17, 15) is 0 Å². The average Bonchev–Trinajstić information content (AvgIpc) is 2.53. The Kier molecular flexibility index (Phi) is 6.54. The molecular formula is C17H28N4. The first-order chi connectivity index (χ1) is 10.3. The molecule has 0 aromatic heterocycles. The first-order valence-electron chi connectivity index (χ1n) is 8.02. The third-order valence-electron chi connectivity index (χ3n) is 4.16. The molecule has 4 nitrogen and oxygen atoms in total. The molecule has 1 saturated heterocycles. The summed E-state index contributed by atoms with van der Waals surface area (Å²) in [6.07, 6.45) is 4.05. The third kappa shape index (κ3) is 5.38. The van der Waals surface area contributed by atoms with Gasteiger partial charge in [0.25, 0.3) is 0 Å². The highest BCUT2D eigenvalue weighted by Gasteiger charge is 2.17. The lowest BCUT2D eigenvalue weighted by Crippen LogP contribution is -2.45. The Balaban J connectivity index is 1.68. The van der Waals surface area contributed by atoms with Gasteiger partial charge in [-0.05, 0) is 31.9 Å². The van der Waals surface area contributed by atoms with Crippen LogP contribution in [0.5, 0.6) is 0 Å². The van der Waals surface area contributed by atoms with E-state index in [4.69, 9.17) is 0 Å². The van der Waals surface area contributed by atoms with Crippen LogP contribution in [-0.4, -0.2) is 43.6 Å². The summed E-state index contributed by atoms with van der Waals surface area (Å²) in [6.45, 7) is 6.41. The molecule has 0 spiro atoms. The van der Waals surface area contributed by atoms with Gasteiger partial charge in [-0.2, -0.15) is 0 Å². The van der Waals surface area contributed by atoms with Gasteiger partial charge in [-0.1, -0.05) is 36.8 Å². The number of nitrogens with zero attached hydrogens (tertiary/aromatic N) is 2. The van der Waals surface area contributed by atoms with E-state index < -0.39 is 0 Å². The van der Waals surface area contributed by atoms with Gasteiger partial charge in [0.2, 0.25) is 0 Å². The van der Waals surface area contributed by atoms with E-state index in [0.29, 0.717) is 0 Å². The minimum atomic E-state index is 0.722. The van der Waals surface area contributed by atoms with Crippen molar-refractivity contribution in [2.45, 2.75) is 38.8 Å². The average molecular weight is 288 g/mol. The smallest absolute Gasteiger partial charge is 0.191 e. The molecular weight excluding hydrogens is 260 g/mol. The fourth-order valence-corrected chi connectivity index (χ4v) is 2.81. The van der Waals surface area contributed by atoms with Gasteiger partial charge in [-0.25, -0.2) is 0 Å². The van der Waals surface area contributed by atoms with Gasteiger partial charge in [0.1, 0.15) is 0 Å². The number of guanidine groups is 1. The van der Waals surface area contributed by atoms with Crippen molar-refractivity contribution >= 4 is 5.96 Å². The van der Waals surface area contributed by atoms with Crippen LogP contribution in [0.1, 0.15) is 31.7 Å². The van der Waals surface area contributed by atoms with Crippen LogP contribution in [0.25, 0.3) is 0 Å². The van der Waals surface area contributed by atoms with E-state index in [2.05, 4.69) is 51.7 Å². The molecule has 116 valence electrons. The molecule has 4 heteroatoms. The van der Waals surface area contributed by atoms with Crippen LogP contribution in [0.3, 0.4) is 0 Å². The molecule has 0 amide bonds. The predicted octanol–water partition coefficient (Wildman–Crippen LogP) is 2.23. The Morgan fingerprint density at radius 2 is 2.05 bits per heavy atom. The van der Waals surface area contributed by atoms with Crippen LogP contribution in [0, 0.1) is 0 Å². The molecule has 1 aromatic rings. The van der Waals surface area contributed by atoms with Gasteiger partial charge < -0.3 is 10.6 Å². The molecule has 0 bridgehead atoms. The maximum atomic E-state index is 4.28. The summed E-state index contributed by atoms with van der Waals surface area (Å²) >= 11 is 0. The molecule has 2 rings (SSSR count). The van der Waals surface area contributed by atoms with Gasteiger partial charge in [0, 0.05) is 32.7 Å². The molecule has 1 atom stereocenters. The molecule has 1 aromatic carbocycles. The second-order valence-corrected chi connectivity index (χ2v) is 5.72. The van der Waals surface area contributed by atoms with Crippen LogP contribution in [0.15, 0.2) is 35.3 Å². The van der Waals surface area contributed by atoms with E-state index >= 15 is 0 Å². The number of hydrogen-bond acceptors (Lipinski definition) is 2. The van der Waals surface area contributed by atoms with Crippen LogP contribution in [-0.2, 0) is 6.54 Å². The first kappa shape index (κ1) is 15.8. The predicted molar refractivity (Wildman–Crippen MR) is 89.5 cm³/mol. The topological polar surface area (TPSA) is 39.7 Å². The zero-order valence-corrected chi connectivity index (χ0v) is 13.3. The van der Waals surface area contributed by atoms with Crippen molar-refractivity contribution in [1.82, 2.24) is 15.5 Å². The number of hydrogen-bond donors (Lipinski definition) is 2. The summed E-state index contributed by atoms with van der Waals surface area (Å²) in [5.41, 5.74) is 1.27. The number of aliphatic imine (C=N–C) groups is 1. The van der Waals surface area contributed by atoms with Crippen molar-refractivity contribution in [1.29, 1.82) is 0 Å². The normalized spacial score (nSPS) is 20.3. The van der Waals surface area contributed by atoms with Crippen molar-refractivity contribution in [2.24, 2.45) is 4.99 Å².